The van der Waals surface area contributed by atoms with Crippen LogP contribution in [-0.2, 0) is 24.2 Å². The van der Waals surface area contributed by atoms with Gasteiger partial charge < -0.3 is 5.32 Å². The summed E-state index contributed by atoms with van der Waals surface area (Å²) < 4.78 is 1.46. The molecule has 2 heterocycles. The van der Waals surface area contributed by atoms with Gasteiger partial charge in [-0.25, -0.2) is 4.98 Å². The quantitative estimate of drug-likeness (QED) is 0.800. The molecule has 6 heteroatoms. The molecule has 0 fully saturated rings. The molecular weight excluding hydrogens is 358 g/mol. The summed E-state index contributed by atoms with van der Waals surface area (Å²) >= 11 is 1.64. The maximum atomic E-state index is 12.9. The van der Waals surface area contributed by atoms with E-state index in [9.17, 15) is 9.59 Å². The molecule has 1 atom stereocenters. The minimum Gasteiger partial charge on any atom is -0.354 e. The number of aromatic nitrogens is 2. The number of hydrogen-bond donors (Lipinski definition) is 1. The fourth-order valence-electron chi connectivity index (χ4n) is 4.18. The van der Waals surface area contributed by atoms with Crippen molar-refractivity contribution in [2.45, 2.75) is 64.8 Å². The number of carbonyl (C=O) groups is 1. The van der Waals surface area contributed by atoms with Gasteiger partial charge in [-0.2, -0.15) is 0 Å². The van der Waals surface area contributed by atoms with Gasteiger partial charge in [-0.3, -0.25) is 14.2 Å². The second-order valence-corrected chi connectivity index (χ2v) is 9.00. The topological polar surface area (TPSA) is 64.0 Å². The zero-order chi connectivity index (χ0) is 18.8. The number of carbonyl (C=O) groups excluding carboxylic acids is 1. The lowest BCUT2D eigenvalue weighted by atomic mass is 9.89. The van der Waals surface area contributed by atoms with Crippen LogP contribution in [0.15, 0.2) is 22.8 Å². The molecule has 0 bridgehead atoms. The molecule has 5 nitrogen and oxygen atoms in total. The van der Waals surface area contributed by atoms with Crippen LogP contribution in [0.4, 0.5) is 0 Å². The van der Waals surface area contributed by atoms with E-state index in [1.165, 1.54) is 39.7 Å². The Morgan fingerprint density at radius 1 is 1.37 bits per heavy atom. The lowest BCUT2D eigenvalue weighted by Gasteiger charge is -2.17. The number of amides is 1. The molecular formula is C21H27N3O2S. The molecule has 0 aromatic carbocycles. The minimum absolute atomic E-state index is 0.0435. The maximum Gasteiger partial charge on any atom is 0.262 e. The number of fused-ring (bicyclic) bond motifs is 3. The van der Waals surface area contributed by atoms with E-state index in [1.807, 2.05) is 0 Å². The van der Waals surface area contributed by atoms with Crippen LogP contribution in [-0.4, -0.2) is 22.0 Å². The third kappa shape index (κ3) is 4.00. The molecule has 0 unspecified atom stereocenters. The smallest absolute Gasteiger partial charge is 0.262 e. The lowest BCUT2D eigenvalue weighted by molar-refractivity contribution is -0.121. The molecule has 2 aromatic rings. The Labute approximate surface area is 163 Å². The fraction of sp³-hybridized carbons (Fsp3) is 0.571. The standard InChI is InChI=1S/C21H27N3O2S/c1-14-7-8-16-17(11-14)27-20-19(16)21(26)24(13-23-20)12-18(25)22-10-9-15-5-3-2-4-6-15/h5,13-14H,2-4,6-12H2,1H3,(H,22,25)/t14-/m0/s1. The molecule has 0 radical (unpaired) electrons. The predicted molar refractivity (Wildman–Crippen MR) is 109 cm³/mol. The van der Waals surface area contributed by atoms with Crippen LogP contribution in [0.2, 0.25) is 0 Å². The molecule has 1 N–H and O–H groups in total. The fourth-order valence-corrected chi connectivity index (χ4v) is 5.52. The van der Waals surface area contributed by atoms with Crippen molar-refractivity contribution in [1.29, 1.82) is 0 Å². The number of hydrogen-bond acceptors (Lipinski definition) is 4. The molecule has 2 aliphatic rings. The third-order valence-corrected chi connectivity index (χ3v) is 6.91. The summed E-state index contributed by atoms with van der Waals surface area (Å²) in [6.07, 6.45) is 12.7. The molecule has 4 rings (SSSR count). The normalized spacial score (nSPS) is 19.6. The summed E-state index contributed by atoms with van der Waals surface area (Å²) in [5.41, 5.74) is 2.54. The van der Waals surface area contributed by atoms with Gasteiger partial charge in [0, 0.05) is 11.4 Å². The molecule has 2 aromatic heterocycles. The van der Waals surface area contributed by atoms with Crippen LogP contribution in [0.25, 0.3) is 10.2 Å². The highest BCUT2D eigenvalue weighted by atomic mass is 32.1. The van der Waals surface area contributed by atoms with Crippen molar-refractivity contribution < 1.29 is 4.79 Å². The highest BCUT2D eigenvalue weighted by Crippen LogP contribution is 2.35. The van der Waals surface area contributed by atoms with Gasteiger partial charge in [0.05, 0.1) is 11.7 Å². The van der Waals surface area contributed by atoms with Gasteiger partial charge in [0.1, 0.15) is 11.4 Å². The minimum atomic E-state index is -0.118. The average Bonchev–Trinajstić information content (AvgIpc) is 3.03. The Balaban J connectivity index is 1.44. The van der Waals surface area contributed by atoms with Crippen molar-refractivity contribution in [2.24, 2.45) is 5.92 Å². The van der Waals surface area contributed by atoms with Gasteiger partial charge in [0.2, 0.25) is 5.91 Å². The van der Waals surface area contributed by atoms with Crippen molar-refractivity contribution in [2.75, 3.05) is 6.54 Å². The van der Waals surface area contributed by atoms with Crippen molar-refractivity contribution in [3.05, 3.63) is 38.8 Å². The van der Waals surface area contributed by atoms with Crippen molar-refractivity contribution >= 4 is 27.5 Å². The maximum absolute atomic E-state index is 12.9. The van der Waals surface area contributed by atoms with E-state index >= 15 is 0 Å². The lowest BCUT2D eigenvalue weighted by Crippen LogP contribution is -2.33. The second-order valence-electron chi connectivity index (χ2n) is 7.92. The van der Waals surface area contributed by atoms with Crippen molar-refractivity contribution in [3.63, 3.8) is 0 Å². The summed E-state index contributed by atoms with van der Waals surface area (Å²) in [5.74, 6) is 0.547. The van der Waals surface area contributed by atoms with Crippen LogP contribution < -0.4 is 10.9 Å². The first kappa shape index (κ1) is 18.4. The van der Waals surface area contributed by atoms with E-state index < -0.39 is 0 Å². The third-order valence-electron chi connectivity index (χ3n) is 5.75. The monoisotopic (exact) mass is 385 g/mol. The van der Waals surface area contributed by atoms with Gasteiger partial charge in [0.25, 0.3) is 5.56 Å². The van der Waals surface area contributed by atoms with Gasteiger partial charge in [-0.15, -0.1) is 11.3 Å². The molecule has 27 heavy (non-hydrogen) atoms. The zero-order valence-corrected chi connectivity index (χ0v) is 16.7. The Bertz CT molecular complexity index is 941. The summed E-state index contributed by atoms with van der Waals surface area (Å²) in [6.45, 7) is 2.94. The predicted octanol–water partition coefficient (Wildman–Crippen LogP) is 3.59. The van der Waals surface area contributed by atoms with Gasteiger partial charge in [-0.1, -0.05) is 18.6 Å². The number of nitrogens with zero attached hydrogens (tertiary/aromatic N) is 2. The largest absolute Gasteiger partial charge is 0.354 e. The molecule has 0 spiro atoms. The Morgan fingerprint density at radius 2 is 2.26 bits per heavy atom. The Hall–Kier alpha value is -1.95. The zero-order valence-electron chi connectivity index (χ0n) is 15.9. The number of thiophene rings is 1. The van der Waals surface area contributed by atoms with Crippen LogP contribution in [0.3, 0.4) is 0 Å². The van der Waals surface area contributed by atoms with E-state index in [-0.39, 0.29) is 18.0 Å². The first-order valence-corrected chi connectivity index (χ1v) is 10.9. The SMILES string of the molecule is C[C@H]1CCc2c(sc3ncn(CC(=O)NCCC4=CCCCC4)c(=O)c23)C1. The summed E-state index contributed by atoms with van der Waals surface area (Å²) in [4.78, 5) is 31.8. The van der Waals surface area contributed by atoms with Gasteiger partial charge in [0.15, 0.2) is 0 Å². The van der Waals surface area contributed by atoms with Gasteiger partial charge in [-0.05, 0) is 62.8 Å². The van der Waals surface area contributed by atoms with Crippen molar-refractivity contribution in [1.82, 2.24) is 14.9 Å². The van der Waals surface area contributed by atoms with Crippen molar-refractivity contribution in [3.8, 4) is 0 Å². The van der Waals surface area contributed by atoms with Crippen LogP contribution in [0, 0.1) is 5.92 Å². The van der Waals surface area contributed by atoms with E-state index in [0.29, 0.717) is 12.5 Å². The number of allylic oxidation sites excluding steroid dienone is 1. The van der Waals surface area contributed by atoms with Crippen LogP contribution >= 0.6 is 11.3 Å². The first-order chi connectivity index (χ1) is 13.1. The highest BCUT2D eigenvalue weighted by molar-refractivity contribution is 7.18. The van der Waals surface area contributed by atoms with Crippen LogP contribution in [0.1, 0.15) is 55.9 Å². The summed E-state index contributed by atoms with van der Waals surface area (Å²) in [5, 5.41) is 3.69. The molecule has 1 amide bonds. The van der Waals surface area contributed by atoms with E-state index in [1.54, 1.807) is 11.3 Å². The number of aryl methyl sites for hydroxylation is 1. The van der Waals surface area contributed by atoms with E-state index in [4.69, 9.17) is 0 Å². The molecule has 0 saturated carbocycles. The molecule has 144 valence electrons. The van der Waals surface area contributed by atoms with Gasteiger partial charge >= 0.3 is 0 Å². The van der Waals surface area contributed by atoms with E-state index in [2.05, 4.69) is 23.3 Å². The first-order valence-electron chi connectivity index (χ1n) is 10.1. The highest BCUT2D eigenvalue weighted by Gasteiger charge is 2.23. The summed E-state index contributed by atoms with van der Waals surface area (Å²) in [6, 6.07) is 0. The van der Waals surface area contributed by atoms with E-state index in [0.717, 1.165) is 48.7 Å². The Morgan fingerprint density at radius 3 is 3.07 bits per heavy atom. The number of nitrogens with one attached hydrogen (secondary N) is 1. The number of rotatable bonds is 5. The van der Waals surface area contributed by atoms with Crippen LogP contribution in [0.5, 0.6) is 0 Å². The second kappa shape index (κ2) is 7.97. The molecule has 0 saturated heterocycles. The molecule has 2 aliphatic carbocycles. The summed E-state index contributed by atoms with van der Waals surface area (Å²) in [7, 11) is 0. The molecule has 0 aliphatic heterocycles. The average molecular weight is 386 g/mol. The Kier molecular flexibility index (Phi) is 5.43.